The maximum absolute atomic E-state index is 13.2. The molecule has 1 aliphatic heterocycles. The van der Waals surface area contributed by atoms with Gasteiger partial charge >= 0.3 is 0 Å². The average Bonchev–Trinajstić information content (AvgIpc) is 2.97. The molecule has 0 fully saturated rings. The van der Waals surface area contributed by atoms with E-state index in [1.54, 1.807) is 0 Å². The molecule has 0 aromatic heterocycles. The van der Waals surface area contributed by atoms with Crippen LogP contribution in [0.1, 0.15) is 30.0 Å². The highest BCUT2D eigenvalue weighted by atomic mass is 16.6. The molecule has 0 saturated heterocycles. The number of carbonyl (C=O) groups is 2. The summed E-state index contributed by atoms with van der Waals surface area (Å²) in [7, 11) is 0. The van der Waals surface area contributed by atoms with Crippen LogP contribution in [0.25, 0.3) is 5.57 Å². The number of nitrogens with one attached hydrogen (secondary N) is 1. The van der Waals surface area contributed by atoms with Crippen LogP contribution in [-0.2, 0) is 14.3 Å². The average molecular weight is 423 g/mol. The van der Waals surface area contributed by atoms with Gasteiger partial charge in [-0.15, -0.1) is 0 Å². The molecule has 1 N–H and O–H groups in total. The third kappa shape index (κ3) is 4.80. The Morgan fingerprint density at radius 1 is 1.06 bits per heavy atom. The molecule has 0 aliphatic carbocycles. The number of amides is 2. The van der Waals surface area contributed by atoms with Crippen molar-refractivity contribution in [3.63, 3.8) is 0 Å². The molecule has 0 spiro atoms. The fourth-order valence-electron chi connectivity index (χ4n) is 3.39. The number of hydrogen-bond donors (Lipinski definition) is 1. The number of non-ortho nitro benzene ring substituents is 1. The van der Waals surface area contributed by atoms with Gasteiger partial charge in [0.05, 0.1) is 10.5 Å². The summed E-state index contributed by atoms with van der Waals surface area (Å²) >= 11 is 0. The van der Waals surface area contributed by atoms with E-state index in [-0.39, 0.29) is 23.5 Å². The van der Waals surface area contributed by atoms with E-state index in [0.717, 1.165) is 16.8 Å². The quantitative estimate of drug-likeness (QED) is 0.285. The molecule has 8 heteroatoms. The second kappa shape index (κ2) is 9.53. The highest BCUT2D eigenvalue weighted by Gasteiger charge is 2.39. The van der Waals surface area contributed by atoms with Crippen molar-refractivity contribution >= 4 is 28.8 Å². The molecule has 2 amide bonds. The number of anilines is 1. The van der Waals surface area contributed by atoms with Crippen LogP contribution in [0.5, 0.6) is 0 Å². The van der Waals surface area contributed by atoms with E-state index in [4.69, 9.17) is 4.74 Å². The van der Waals surface area contributed by atoms with E-state index >= 15 is 0 Å². The zero-order valence-electron chi connectivity index (χ0n) is 17.8. The molecule has 8 nitrogen and oxygen atoms in total. The standard InChI is InChI=1S/C23H25N3O5/c1-4-31-13-5-12-25-22(27)20(17-8-10-18(11-9-17)26(29)30)21(23(25)28)24-19-14-15(2)6-7-16(19)3/h6-11,14,24H,4-5,12-13H2,1-3H3. The van der Waals surface area contributed by atoms with Gasteiger partial charge in [-0.05, 0) is 62.1 Å². The van der Waals surface area contributed by atoms with Gasteiger partial charge in [-0.3, -0.25) is 24.6 Å². The highest BCUT2D eigenvalue weighted by Crippen LogP contribution is 2.32. The van der Waals surface area contributed by atoms with Crippen molar-refractivity contribution in [2.75, 3.05) is 25.1 Å². The Hall–Kier alpha value is -3.52. The van der Waals surface area contributed by atoms with E-state index in [9.17, 15) is 19.7 Å². The number of hydrogen-bond acceptors (Lipinski definition) is 6. The van der Waals surface area contributed by atoms with E-state index in [0.29, 0.717) is 25.2 Å². The predicted molar refractivity (Wildman–Crippen MR) is 117 cm³/mol. The Balaban J connectivity index is 1.99. The van der Waals surface area contributed by atoms with Crippen LogP contribution in [0.2, 0.25) is 0 Å². The number of aryl methyl sites for hydroxylation is 2. The first-order chi connectivity index (χ1) is 14.8. The number of nitro groups is 1. The molecule has 1 heterocycles. The summed E-state index contributed by atoms with van der Waals surface area (Å²) in [5.41, 5.74) is 3.41. The van der Waals surface area contributed by atoms with Gasteiger partial charge in [-0.1, -0.05) is 12.1 Å². The van der Waals surface area contributed by atoms with E-state index < -0.39 is 16.7 Å². The van der Waals surface area contributed by atoms with Crippen LogP contribution in [0.3, 0.4) is 0 Å². The zero-order valence-corrected chi connectivity index (χ0v) is 17.8. The van der Waals surface area contributed by atoms with Crippen LogP contribution in [0.15, 0.2) is 48.2 Å². The van der Waals surface area contributed by atoms with Gasteiger partial charge in [0, 0.05) is 37.6 Å². The molecule has 162 valence electrons. The van der Waals surface area contributed by atoms with Gasteiger partial charge < -0.3 is 10.1 Å². The van der Waals surface area contributed by atoms with Crippen LogP contribution in [0.4, 0.5) is 11.4 Å². The molecule has 31 heavy (non-hydrogen) atoms. The SMILES string of the molecule is CCOCCCN1C(=O)C(Nc2cc(C)ccc2C)=C(c2ccc([N+](=O)[O-])cc2)C1=O. The highest BCUT2D eigenvalue weighted by molar-refractivity contribution is 6.36. The van der Waals surface area contributed by atoms with Crippen molar-refractivity contribution in [2.24, 2.45) is 0 Å². The Morgan fingerprint density at radius 2 is 1.77 bits per heavy atom. The van der Waals surface area contributed by atoms with Crippen LogP contribution >= 0.6 is 0 Å². The minimum atomic E-state index is -0.505. The maximum atomic E-state index is 13.2. The molecule has 3 rings (SSSR count). The number of nitrogens with zero attached hydrogens (tertiary/aromatic N) is 2. The molecule has 0 bridgehead atoms. The van der Waals surface area contributed by atoms with Crippen LogP contribution in [-0.4, -0.2) is 41.4 Å². The third-order valence-corrected chi connectivity index (χ3v) is 5.06. The monoisotopic (exact) mass is 423 g/mol. The molecular formula is C23H25N3O5. The Labute approximate surface area is 180 Å². The first kappa shape index (κ1) is 22.2. The van der Waals surface area contributed by atoms with Crippen LogP contribution < -0.4 is 5.32 Å². The lowest BCUT2D eigenvalue weighted by atomic mass is 10.0. The van der Waals surface area contributed by atoms with Gasteiger partial charge in [0.2, 0.25) is 0 Å². The van der Waals surface area contributed by atoms with Crippen molar-refractivity contribution in [3.8, 4) is 0 Å². The number of benzene rings is 2. The summed E-state index contributed by atoms with van der Waals surface area (Å²) in [6, 6.07) is 11.4. The molecule has 0 saturated carbocycles. The molecule has 2 aromatic carbocycles. The number of ether oxygens (including phenoxy) is 1. The minimum Gasteiger partial charge on any atom is -0.382 e. The Morgan fingerprint density at radius 3 is 2.42 bits per heavy atom. The summed E-state index contributed by atoms with van der Waals surface area (Å²) in [5, 5.41) is 14.1. The van der Waals surface area contributed by atoms with E-state index in [2.05, 4.69) is 5.32 Å². The van der Waals surface area contributed by atoms with Crippen molar-refractivity contribution < 1.29 is 19.2 Å². The van der Waals surface area contributed by atoms with Gasteiger partial charge in [0.25, 0.3) is 17.5 Å². The molecule has 0 unspecified atom stereocenters. The summed E-state index contributed by atoms with van der Waals surface area (Å²) in [6.45, 7) is 6.97. The lowest BCUT2D eigenvalue weighted by molar-refractivity contribution is -0.384. The van der Waals surface area contributed by atoms with Crippen molar-refractivity contribution in [1.29, 1.82) is 0 Å². The smallest absolute Gasteiger partial charge is 0.278 e. The predicted octanol–water partition coefficient (Wildman–Crippen LogP) is 3.83. The van der Waals surface area contributed by atoms with Gasteiger partial charge in [-0.2, -0.15) is 0 Å². The van der Waals surface area contributed by atoms with Gasteiger partial charge in [-0.25, -0.2) is 0 Å². The first-order valence-corrected chi connectivity index (χ1v) is 10.1. The third-order valence-electron chi connectivity index (χ3n) is 5.06. The number of imide groups is 1. The molecule has 2 aromatic rings. The minimum absolute atomic E-state index is 0.0845. The number of carbonyl (C=O) groups excluding carboxylic acids is 2. The van der Waals surface area contributed by atoms with E-state index in [1.807, 2.05) is 39.0 Å². The van der Waals surface area contributed by atoms with Crippen molar-refractivity contribution in [2.45, 2.75) is 27.2 Å². The summed E-state index contributed by atoms with van der Waals surface area (Å²) < 4.78 is 5.32. The largest absolute Gasteiger partial charge is 0.382 e. The second-order valence-corrected chi connectivity index (χ2v) is 7.31. The van der Waals surface area contributed by atoms with Gasteiger partial charge in [0.15, 0.2) is 0 Å². The number of rotatable bonds is 9. The summed E-state index contributed by atoms with van der Waals surface area (Å²) in [4.78, 5) is 38.0. The number of nitro benzene ring substituents is 1. The lowest BCUT2D eigenvalue weighted by Gasteiger charge is -2.15. The van der Waals surface area contributed by atoms with E-state index in [1.165, 1.54) is 29.2 Å². The summed E-state index contributed by atoms with van der Waals surface area (Å²) in [6.07, 6.45) is 0.523. The topological polar surface area (TPSA) is 102 Å². The Bertz CT molecular complexity index is 1040. The molecule has 1 aliphatic rings. The fourth-order valence-corrected chi connectivity index (χ4v) is 3.39. The zero-order chi connectivity index (χ0) is 22.5. The summed E-state index contributed by atoms with van der Waals surface area (Å²) in [5.74, 6) is -0.848. The lowest BCUT2D eigenvalue weighted by Crippen LogP contribution is -2.34. The molecule has 0 atom stereocenters. The molecular weight excluding hydrogens is 398 g/mol. The van der Waals surface area contributed by atoms with Crippen LogP contribution in [0, 0.1) is 24.0 Å². The van der Waals surface area contributed by atoms with Crippen molar-refractivity contribution in [1.82, 2.24) is 4.90 Å². The molecule has 0 radical (unpaired) electrons. The maximum Gasteiger partial charge on any atom is 0.278 e. The second-order valence-electron chi connectivity index (χ2n) is 7.31. The fraction of sp³-hybridized carbons (Fsp3) is 0.304. The van der Waals surface area contributed by atoms with Crippen molar-refractivity contribution in [3.05, 3.63) is 75.0 Å². The normalized spacial score (nSPS) is 13.8. The Kier molecular flexibility index (Phi) is 6.81. The first-order valence-electron chi connectivity index (χ1n) is 10.1. The van der Waals surface area contributed by atoms with Gasteiger partial charge in [0.1, 0.15) is 5.70 Å².